The number of benzene rings is 1. The molecule has 1 unspecified atom stereocenters. The number of amides is 1. The molecule has 0 aromatic heterocycles. The summed E-state index contributed by atoms with van der Waals surface area (Å²) in [6, 6.07) is 6.78. The molecule has 1 amide bonds. The van der Waals surface area contributed by atoms with Crippen LogP contribution in [-0.2, 0) is 4.79 Å². The third-order valence-corrected chi connectivity index (χ3v) is 3.32. The fourth-order valence-electron chi connectivity index (χ4n) is 1.77. The molecular formula is C15H24N2O. The SMILES string of the molecule is Cc1ccc(C(C)NCCC(=O)N(C)C)cc1C. The van der Waals surface area contributed by atoms with Crippen LogP contribution in [0.25, 0.3) is 0 Å². The Morgan fingerprint density at radius 1 is 1.28 bits per heavy atom. The van der Waals surface area contributed by atoms with Crippen molar-refractivity contribution in [3.63, 3.8) is 0 Å². The first kappa shape index (κ1) is 14.7. The highest BCUT2D eigenvalue weighted by Crippen LogP contribution is 2.16. The molecule has 1 aromatic carbocycles. The van der Waals surface area contributed by atoms with Gasteiger partial charge in [-0.25, -0.2) is 0 Å². The smallest absolute Gasteiger partial charge is 0.223 e. The van der Waals surface area contributed by atoms with E-state index in [9.17, 15) is 4.79 Å². The topological polar surface area (TPSA) is 32.3 Å². The van der Waals surface area contributed by atoms with E-state index >= 15 is 0 Å². The van der Waals surface area contributed by atoms with E-state index in [4.69, 9.17) is 0 Å². The van der Waals surface area contributed by atoms with E-state index in [0.717, 1.165) is 0 Å². The van der Waals surface area contributed by atoms with Crippen LogP contribution in [0.15, 0.2) is 18.2 Å². The molecule has 0 bridgehead atoms. The monoisotopic (exact) mass is 248 g/mol. The molecule has 0 heterocycles. The van der Waals surface area contributed by atoms with Crippen molar-refractivity contribution in [3.8, 4) is 0 Å². The van der Waals surface area contributed by atoms with E-state index in [0.29, 0.717) is 13.0 Å². The minimum atomic E-state index is 0.162. The summed E-state index contributed by atoms with van der Waals surface area (Å²) >= 11 is 0. The zero-order valence-corrected chi connectivity index (χ0v) is 12.1. The molecule has 0 spiro atoms. The summed E-state index contributed by atoms with van der Waals surface area (Å²) in [5, 5.41) is 3.38. The summed E-state index contributed by atoms with van der Waals surface area (Å²) in [5.41, 5.74) is 3.90. The molecule has 0 aliphatic heterocycles. The van der Waals surface area contributed by atoms with Crippen LogP contribution in [0, 0.1) is 13.8 Å². The van der Waals surface area contributed by atoms with Crippen molar-refractivity contribution in [2.75, 3.05) is 20.6 Å². The van der Waals surface area contributed by atoms with Gasteiger partial charge in [-0.3, -0.25) is 4.79 Å². The molecule has 0 radical (unpaired) electrons. The molecule has 0 saturated heterocycles. The Bertz CT molecular complexity index is 413. The fourth-order valence-corrected chi connectivity index (χ4v) is 1.77. The molecule has 3 nitrogen and oxygen atoms in total. The largest absolute Gasteiger partial charge is 0.349 e. The first-order valence-corrected chi connectivity index (χ1v) is 6.42. The average Bonchev–Trinajstić information content (AvgIpc) is 2.32. The van der Waals surface area contributed by atoms with Crippen LogP contribution >= 0.6 is 0 Å². The number of hydrogen-bond acceptors (Lipinski definition) is 2. The van der Waals surface area contributed by atoms with E-state index in [1.165, 1.54) is 16.7 Å². The van der Waals surface area contributed by atoms with E-state index in [-0.39, 0.29) is 11.9 Å². The molecule has 100 valence electrons. The number of carbonyl (C=O) groups excluding carboxylic acids is 1. The second-order valence-electron chi connectivity index (χ2n) is 5.06. The number of hydrogen-bond donors (Lipinski definition) is 1. The third-order valence-electron chi connectivity index (χ3n) is 3.32. The van der Waals surface area contributed by atoms with E-state index in [1.807, 2.05) is 0 Å². The van der Waals surface area contributed by atoms with Gasteiger partial charge in [-0.2, -0.15) is 0 Å². The molecule has 0 fully saturated rings. The second kappa shape index (κ2) is 6.55. The maximum absolute atomic E-state index is 11.4. The number of rotatable bonds is 5. The highest BCUT2D eigenvalue weighted by Gasteiger charge is 2.08. The summed E-state index contributed by atoms with van der Waals surface area (Å²) in [6.07, 6.45) is 0.544. The van der Waals surface area contributed by atoms with Gasteiger partial charge in [0.15, 0.2) is 0 Å². The normalized spacial score (nSPS) is 12.3. The summed E-state index contributed by atoms with van der Waals surface area (Å²) in [6.45, 7) is 7.09. The lowest BCUT2D eigenvalue weighted by Gasteiger charge is -2.16. The molecule has 0 aliphatic rings. The Balaban J connectivity index is 2.48. The van der Waals surface area contributed by atoms with Gasteiger partial charge in [0.05, 0.1) is 0 Å². The summed E-state index contributed by atoms with van der Waals surface area (Å²) in [4.78, 5) is 13.1. The van der Waals surface area contributed by atoms with E-state index in [2.05, 4.69) is 44.3 Å². The van der Waals surface area contributed by atoms with Crippen LogP contribution < -0.4 is 5.32 Å². The van der Waals surface area contributed by atoms with Crippen molar-refractivity contribution >= 4 is 5.91 Å². The number of nitrogens with zero attached hydrogens (tertiary/aromatic N) is 1. The maximum atomic E-state index is 11.4. The molecule has 1 aromatic rings. The molecule has 1 N–H and O–H groups in total. The number of aryl methyl sites for hydroxylation is 2. The second-order valence-corrected chi connectivity index (χ2v) is 5.06. The van der Waals surface area contributed by atoms with Crippen LogP contribution in [-0.4, -0.2) is 31.4 Å². The Labute approximate surface area is 110 Å². The van der Waals surface area contributed by atoms with Crippen LogP contribution in [0.5, 0.6) is 0 Å². The molecule has 3 heteroatoms. The van der Waals surface area contributed by atoms with Crippen LogP contribution in [0.4, 0.5) is 0 Å². The van der Waals surface area contributed by atoms with Gasteiger partial charge in [-0.1, -0.05) is 18.2 Å². The Morgan fingerprint density at radius 2 is 1.94 bits per heavy atom. The van der Waals surface area contributed by atoms with Crippen LogP contribution in [0.3, 0.4) is 0 Å². The highest BCUT2D eigenvalue weighted by atomic mass is 16.2. The molecule has 0 aliphatic carbocycles. The lowest BCUT2D eigenvalue weighted by molar-refractivity contribution is -0.128. The predicted molar refractivity (Wildman–Crippen MR) is 75.6 cm³/mol. The lowest BCUT2D eigenvalue weighted by Crippen LogP contribution is -2.28. The molecule has 1 rings (SSSR count). The summed E-state index contributed by atoms with van der Waals surface area (Å²) in [7, 11) is 3.57. The van der Waals surface area contributed by atoms with Gasteiger partial charge in [0.2, 0.25) is 5.91 Å². The first-order valence-electron chi connectivity index (χ1n) is 6.42. The standard InChI is InChI=1S/C15H24N2O/c1-11-6-7-14(10-12(11)2)13(3)16-9-8-15(18)17(4)5/h6-7,10,13,16H,8-9H2,1-5H3. The Kier molecular flexibility index (Phi) is 5.35. The number of carbonyl (C=O) groups is 1. The van der Waals surface area contributed by atoms with Gasteiger partial charge in [0, 0.05) is 33.1 Å². The summed E-state index contributed by atoms with van der Waals surface area (Å²) in [5.74, 6) is 0.162. The van der Waals surface area contributed by atoms with Crippen LogP contribution in [0.2, 0.25) is 0 Å². The number of nitrogens with one attached hydrogen (secondary N) is 1. The molecule has 1 atom stereocenters. The molecule has 18 heavy (non-hydrogen) atoms. The molecular weight excluding hydrogens is 224 g/mol. The average molecular weight is 248 g/mol. The van der Waals surface area contributed by atoms with Crippen LogP contribution in [0.1, 0.15) is 36.1 Å². The minimum Gasteiger partial charge on any atom is -0.349 e. The van der Waals surface area contributed by atoms with Crippen molar-refractivity contribution in [1.29, 1.82) is 0 Å². The van der Waals surface area contributed by atoms with E-state index < -0.39 is 0 Å². The van der Waals surface area contributed by atoms with Crippen molar-refractivity contribution in [2.24, 2.45) is 0 Å². The van der Waals surface area contributed by atoms with Gasteiger partial charge >= 0.3 is 0 Å². The minimum absolute atomic E-state index is 0.162. The zero-order chi connectivity index (χ0) is 13.7. The van der Waals surface area contributed by atoms with Gasteiger partial charge in [0.25, 0.3) is 0 Å². The van der Waals surface area contributed by atoms with E-state index in [1.54, 1.807) is 19.0 Å². The van der Waals surface area contributed by atoms with Crippen molar-refractivity contribution < 1.29 is 4.79 Å². The maximum Gasteiger partial charge on any atom is 0.223 e. The van der Waals surface area contributed by atoms with Crippen molar-refractivity contribution in [3.05, 3.63) is 34.9 Å². The fraction of sp³-hybridized carbons (Fsp3) is 0.533. The van der Waals surface area contributed by atoms with Gasteiger partial charge < -0.3 is 10.2 Å². The third kappa shape index (κ3) is 4.15. The lowest BCUT2D eigenvalue weighted by atomic mass is 10.0. The highest BCUT2D eigenvalue weighted by molar-refractivity contribution is 5.75. The Hall–Kier alpha value is -1.35. The van der Waals surface area contributed by atoms with Crippen molar-refractivity contribution in [2.45, 2.75) is 33.2 Å². The van der Waals surface area contributed by atoms with Gasteiger partial charge in [0.1, 0.15) is 0 Å². The zero-order valence-electron chi connectivity index (χ0n) is 12.1. The summed E-state index contributed by atoms with van der Waals surface area (Å²) < 4.78 is 0. The predicted octanol–water partition coefficient (Wildman–Crippen LogP) is 2.43. The quantitative estimate of drug-likeness (QED) is 0.868. The van der Waals surface area contributed by atoms with Gasteiger partial charge in [-0.05, 0) is 37.5 Å². The Morgan fingerprint density at radius 3 is 2.50 bits per heavy atom. The van der Waals surface area contributed by atoms with Gasteiger partial charge in [-0.15, -0.1) is 0 Å². The first-order chi connectivity index (χ1) is 8.41. The molecule has 0 saturated carbocycles. The van der Waals surface area contributed by atoms with Crippen molar-refractivity contribution in [1.82, 2.24) is 10.2 Å².